The van der Waals surface area contributed by atoms with E-state index in [2.05, 4.69) is 37.9 Å². The van der Waals surface area contributed by atoms with Gasteiger partial charge in [-0.15, -0.1) is 0 Å². The van der Waals surface area contributed by atoms with Crippen LogP contribution < -0.4 is 5.32 Å². The average Bonchev–Trinajstić information content (AvgIpc) is 2.37. The van der Waals surface area contributed by atoms with Gasteiger partial charge in [-0.05, 0) is 38.5 Å². The molecule has 1 aliphatic carbocycles. The maximum Gasteiger partial charge on any atom is 0.0278 e. The number of piperazine rings is 1. The van der Waals surface area contributed by atoms with Gasteiger partial charge in [0, 0.05) is 31.2 Å². The third kappa shape index (κ3) is 3.27. The molecule has 0 amide bonds. The summed E-state index contributed by atoms with van der Waals surface area (Å²) in [4.78, 5) is 2.76. The zero-order chi connectivity index (χ0) is 13.2. The molecule has 18 heavy (non-hydrogen) atoms. The van der Waals surface area contributed by atoms with Gasteiger partial charge in [-0.3, -0.25) is 4.90 Å². The van der Waals surface area contributed by atoms with Crippen molar-refractivity contribution in [3.05, 3.63) is 0 Å². The van der Waals surface area contributed by atoms with Crippen LogP contribution in [0.15, 0.2) is 0 Å². The molecule has 2 heteroatoms. The van der Waals surface area contributed by atoms with E-state index in [0.29, 0.717) is 11.6 Å². The summed E-state index contributed by atoms with van der Waals surface area (Å²) in [5.41, 5.74) is 0.338. The maximum atomic E-state index is 3.73. The van der Waals surface area contributed by atoms with Gasteiger partial charge in [0.2, 0.25) is 0 Å². The van der Waals surface area contributed by atoms with Crippen LogP contribution in [0.2, 0.25) is 0 Å². The van der Waals surface area contributed by atoms with Crippen LogP contribution in [0.1, 0.15) is 59.8 Å². The van der Waals surface area contributed by atoms with Crippen LogP contribution in [0, 0.1) is 11.8 Å². The zero-order valence-corrected chi connectivity index (χ0v) is 12.8. The van der Waals surface area contributed by atoms with Gasteiger partial charge in [0.05, 0.1) is 0 Å². The van der Waals surface area contributed by atoms with Crippen LogP contribution in [-0.2, 0) is 0 Å². The molecule has 2 aliphatic rings. The molecule has 0 aromatic rings. The normalized spacial score (nSPS) is 43.0. The van der Waals surface area contributed by atoms with Crippen LogP contribution in [0.4, 0.5) is 0 Å². The summed E-state index contributed by atoms with van der Waals surface area (Å²) in [5, 5.41) is 3.73. The summed E-state index contributed by atoms with van der Waals surface area (Å²) in [6.07, 6.45) is 7.06. The Hall–Kier alpha value is -0.0800. The van der Waals surface area contributed by atoms with Gasteiger partial charge in [-0.2, -0.15) is 0 Å². The predicted octanol–water partition coefficient (Wildman–Crippen LogP) is 3.28. The quantitative estimate of drug-likeness (QED) is 0.829. The third-order valence-corrected chi connectivity index (χ3v) is 5.54. The van der Waals surface area contributed by atoms with Gasteiger partial charge in [0.15, 0.2) is 0 Å². The molecule has 4 unspecified atom stereocenters. The van der Waals surface area contributed by atoms with E-state index in [1.54, 1.807) is 0 Å². The Morgan fingerprint density at radius 2 is 1.94 bits per heavy atom. The van der Waals surface area contributed by atoms with Crippen LogP contribution in [0.25, 0.3) is 0 Å². The summed E-state index contributed by atoms with van der Waals surface area (Å²) < 4.78 is 0. The molecule has 0 aromatic heterocycles. The highest BCUT2D eigenvalue weighted by Crippen LogP contribution is 2.31. The fraction of sp³-hybridized carbons (Fsp3) is 1.00. The lowest BCUT2D eigenvalue weighted by Crippen LogP contribution is -2.62. The topological polar surface area (TPSA) is 15.3 Å². The number of hydrogen-bond donors (Lipinski definition) is 1. The average molecular weight is 252 g/mol. The summed E-state index contributed by atoms with van der Waals surface area (Å²) >= 11 is 0. The molecule has 2 nitrogen and oxygen atoms in total. The van der Waals surface area contributed by atoms with Gasteiger partial charge in [0.1, 0.15) is 0 Å². The minimum atomic E-state index is 0.338. The van der Waals surface area contributed by atoms with E-state index in [4.69, 9.17) is 0 Å². The van der Waals surface area contributed by atoms with E-state index in [1.165, 1.54) is 45.2 Å². The highest BCUT2D eigenvalue weighted by molar-refractivity contribution is 4.94. The Labute approximate surface area is 114 Å². The number of rotatable bonds is 3. The van der Waals surface area contributed by atoms with Gasteiger partial charge in [-0.25, -0.2) is 0 Å². The lowest BCUT2D eigenvalue weighted by molar-refractivity contribution is 0.0593. The smallest absolute Gasteiger partial charge is 0.0278 e. The fourth-order valence-electron chi connectivity index (χ4n) is 3.63. The van der Waals surface area contributed by atoms with Crippen LogP contribution >= 0.6 is 0 Å². The molecule has 4 atom stereocenters. The van der Waals surface area contributed by atoms with E-state index >= 15 is 0 Å². The molecule has 106 valence electrons. The summed E-state index contributed by atoms with van der Waals surface area (Å²) in [6, 6.07) is 0.707. The number of hydrogen-bond acceptors (Lipinski definition) is 2. The standard InChI is InChI=1S/C16H32N2/c1-5-16(4)12-18(14(3)10-17-16)11-15-9-7-6-8-13(15)2/h13-15,17H,5-12H2,1-4H3. The van der Waals surface area contributed by atoms with Gasteiger partial charge in [-0.1, -0.05) is 33.1 Å². The monoisotopic (exact) mass is 252 g/mol. The van der Waals surface area contributed by atoms with Crippen molar-refractivity contribution in [2.75, 3.05) is 19.6 Å². The highest BCUT2D eigenvalue weighted by Gasteiger charge is 2.34. The number of nitrogens with one attached hydrogen (secondary N) is 1. The fourth-order valence-corrected chi connectivity index (χ4v) is 3.63. The van der Waals surface area contributed by atoms with Gasteiger partial charge < -0.3 is 5.32 Å². The summed E-state index contributed by atoms with van der Waals surface area (Å²) in [6.45, 7) is 13.3. The third-order valence-electron chi connectivity index (χ3n) is 5.54. The maximum absolute atomic E-state index is 3.73. The molecule has 1 saturated carbocycles. The Kier molecular flexibility index (Phi) is 4.71. The molecule has 1 heterocycles. The molecule has 1 saturated heterocycles. The van der Waals surface area contributed by atoms with Crippen molar-refractivity contribution in [3.63, 3.8) is 0 Å². The molecule has 0 radical (unpaired) electrons. The molecular formula is C16H32N2. The molecular weight excluding hydrogens is 220 g/mol. The largest absolute Gasteiger partial charge is 0.309 e. The van der Waals surface area contributed by atoms with Crippen molar-refractivity contribution in [2.45, 2.75) is 71.4 Å². The van der Waals surface area contributed by atoms with E-state index in [-0.39, 0.29) is 0 Å². The molecule has 0 spiro atoms. The molecule has 2 rings (SSSR count). The van der Waals surface area contributed by atoms with Crippen LogP contribution in [0.3, 0.4) is 0 Å². The first-order valence-corrected chi connectivity index (χ1v) is 8.03. The second kappa shape index (κ2) is 5.92. The highest BCUT2D eigenvalue weighted by atomic mass is 15.2. The van der Waals surface area contributed by atoms with Crippen molar-refractivity contribution < 1.29 is 0 Å². The molecule has 2 fully saturated rings. The second-order valence-electron chi connectivity index (χ2n) is 7.10. The van der Waals surface area contributed by atoms with Crippen molar-refractivity contribution >= 4 is 0 Å². The lowest BCUT2D eigenvalue weighted by atomic mass is 9.79. The van der Waals surface area contributed by atoms with E-state index in [1.807, 2.05) is 0 Å². The van der Waals surface area contributed by atoms with Crippen LogP contribution in [0.5, 0.6) is 0 Å². The Balaban J connectivity index is 1.93. The van der Waals surface area contributed by atoms with Crippen molar-refractivity contribution in [3.8, 4) is 0 Å². The molecule has 0 aromatic carbocycles. The van der Waals surface area contributed by atoms with Gasteiger partial charge >= 0.3 is 0 Å². The van der Waals surface area contributed by atoms with E-state index < -0.39 is 0 Å². The van der Waals surface area contributed by atoms with E-state index in [9.17, 15) is 0 Å². The van der Waals surface area contributed by atoms with Gasteiger partial charge in [0.25, 0.3) is 0 Å². The summed E-state index contributed by atoms with van der Waals surface area (Å²) in [7, 11) is 0. The number of nitrogens with zero attached hydrogens (tertiary/aromatic N) is 1. The van der Waals surface area contributed by atoms with Crippen molar-refractivity contribution in [1.82, 2.24) is 10.2 Å². The summed E-state index contributed by atoms with van der Waals surface area (Å²) in [5.74, 6) is 1.88. The predicted molar refractivity (Wildman–Crippen MR) is 78.9 cm³/mol. The first-order valence-electron chi connectivity index (χ1n) is 8.03. The molecule has 0 bridgehead atoms. The minimum absolute atomic E-state index is 0.338. The molecule has 1 N–H and O–H groups in total. The molecule has 1 aliphatic heterocycles. The Morgan fingerprint density at radius 1 is 1.22 bits per heavy atom. The zero-order valence-electron chi connectivity index (χ0n) is 12.8. The van der Waals surface area contributed by atoms with E-state index in [0.717, 1.165) is 18.4 Å². The Morgan fingerprint density at radius 3 is 2.61 bits per heavy atom. The SMILES string of the molecule is CCC1(C)CN(CC2CCCCC2C)C(C)CN1. The second-order valence-corrected chi connectivity index (χ2v) is 7.10. The first-order chi connectivity index (χ1) is 8.54. The Bertz CT molecular complexity index is 266. The van der Waals surface area contributed by atoms with Crippen molar-refractivity contribution in [2.24, 2.45) is 11.8 Å². The lowest BCUT2D eigenvalue weighted by Gasteiger charge is -2.47. The van der Waals surface area contributed by atoms with Crippen LogP contribution in [-0.4, -0.2) is 36.1 Å². The first kappa shape index (κ1) is 14.3. The minimum Gasteiger partial charge on any atom is -0.309 e. The van der Waals surface area contributed by atoms with Crippen molar-refractivity contribution in [1.29, 1.82) is 0 Å².